The fourth-order valence-electron chi connectivity index (χ4n) is 6.41. The van der Waals surface area contributed by atoms with E-state index in [9.17, 15) is 8.42 Å². The minimum atomic E-state index is -3.79. The van der Waals surface area contributed by atoms with Crippen LogP contribution in [0.1, 0.15) is 48.8 Å². The number of nitrogens with zero attached hydrogens (tertiary/aromatic N) is 2. The zero-order valence-electron chi connectivity index (χ0n) is 26.9. The van der Waals surface area contributed by atoms with Crippen LogP contribution in [0, 0.1) is 6.92 Å². The third kappa shape index (κ3) is 7.99. The van der Waals surface area contributed by atoms with Crippen molar-refractivity contribution in [3.8, 4) is 11.5 Å². The summed E-state index contributed by atoms with van der Waals surface area (Å²) in [5, 5.41) is 0. The van der Waals surface area contributed by atoms with Crippen molar-refractivity contribution in [3.63, 3.8) is 0 Å². The molecule has 2 N–H and O–H groups in total. The van der Waals surface area contributed by atoms with Gasteiger partial charge in [-0.3, -0.25) is 0 Å². The Balaban J connectivity index is 1.44. The van der Waals surface area contributed by atoms with Crippen LogP contribution < -0.4 is 20.1 Å². The number of fused-ring (bicyclic) bond motifs is 1. The molecule has 0 saturated carbocycles. The standard InChI is InChI=1S/C35H47N3O6S/c1-25-6-13-31(14-7-25)45(39,40)38-23-35(32(22-29(38)20-26(2)36)28-9-11-30(42-4)12-10-28)44-24-27-8-15-34-33(21-27)37(17-19-43-34)16-5-18-41-3/h6-15,21,26,29,32,35H,5,16-20,22-24,36H2,1-4H3/t26-,29-,32-,35+/m1/s1. The Labute approximate surface area is 268 Å². The van der Waals surface area contributed by atoms with Crippen LogP contribution in [0.2, 0.25) is 0 Å². The van der Waals surface area contributed by atoms with E-state index >= 15 is 0 Å². The van der Waals surface area contributed by atoms with E-state index in [0.717, 1.165) is 53.4 Å². The number of benzene rings is 3. The number of rotatable bonds is 13. The van der Waals surface area contributed by atoms with Crippen LogP contribution in [0.5, 0.6) is 11.5 Å². The van der Waals surface area contributed by atoms with E-state index in [1.54, 1.807) is 30.7 Å². The quantitative estimate of drug-likeness (QED) is 0.258. The first-order chi connectivity index (χ1) is 21.7. The zero-order valence-corrected chi connectivity index (χ0v) is 27.7. The van der Waals surface area contributed by atoms with E-state index < -0.39 is 10.0 Å². The molecular formula is C35H47N3O6S. The summed E-state index contributed by atoms with van der Waals surface area (Å²) in [5.74, 6) is 1.61. The highest BCUT2D eigenvalue weighted by Gasteiger charge is 2.43. The Bertz CT molecular complexity index is 1500. The van der Waals surface area contributed by atoms with Crippen LogP contribution in [-0.2, 0) is 26.1 Å². The number of aryl methyl sites for hydroxylation is 1. The molecule has 2 aliphatic heterocycles. The van der Waals surface area contributed by atoms with Crippen molar-refractivity contribution in [2.45, 2.75) is 68.7 Å². The molecule has 45 heavy (non-hydrogen) atoms. The van der Waals surface area contributed by atoms with E-state index in [0.29, 0.717) is 32.7 Å². The lowest BCUT2D eigenvalue weighted by atomic mass is 9.82. The normalized spacial score (nSPS) is 21.2. The van der Waals surface area contributed by atoms with Gasteiger partial charge in [-0.05, 0) is 80.6 Å². The molecule has 0 bridgehead atoms. The minimum Gasteiger partial charge on any atom is -0.497 e. The Morgan fingerprint density at radius 3 is 2.49 bits per heavy atom. The molecular weight excluding hydrogens is 590 g/mol. The SMILES string of the molecule is COCCCN1CCOc2ccc(CO[C@H]3CN(S(=O)(=O)c4ccc(C)cc4)[C@H](C[C@@H](C)N)C[C@@H]3c3ccc(OC)cc3)cc21. The molecule has 3 aromatic carbocycles. The zero-order chi connectivity index (χ0) is 32.0. The van der Waals surface area contributed by atoms with Crippen LogP contribution >= 0.6 is 0 Å². The van der Waals surface area contributed by atoms with E-state index in [1.165, 1.54) is 0 Å². The van der Waals surface area contributed by atoms with Gasteiger partial charge in [0.1, 0.15) is 18.1 Å². The molecule has 0 spiro atoms. The summed E-state index contributed by atoms with van der Waals surface area (Å²) in [5.41, 5.74) is 10.4. The molecule has 0 aromatic heterocycles. The van der Waals surface area contributed by atoms with Gasteiger partial charge >= 0.3 is 0 Å². The van der Waals surface area contributed by atoms with Gasteiger partial charge < -0.3 is 29.6 Å². The third-order valence-corrected chi connectivity index (χ3v) is 10.7. The first-order valence-corrected chi connectivity index (χ1v) is 17.2. The lowest BCUT2D eigenvalue weighted by Crippen LogP contribution is -2.53. The van der Waals surface area contributed by atoms with Gasteiger partial charge in [0.05, 0.1) is 36.9 Å². The van der Waals surface area contributed by atoms with Crippen molar-refractivity contribution in [2.75, 3.05) is 52.0 Å². The molecule has 3 aromatic rings. The number of ether oxygens (including phenoxy) is 4. The van der Waals surface area contributed by atoms with Crippen molar-refractivity contribution in [1.82, 2.24) is 4.31 Å². The monoisotopic (exact) mass is 637 g/mol. The smallest absolute Gasteiger partial charge is 0.243 e. The van der Waals surface area contributed by atoms with Gasteiger partial charge in [-0.25, -0.2) is 8.42 Å². The van der Waals surface area contributed by atoms with E-state index in [-0.39, 0.29) is 35.5 Å². The van der Waals surface area contributed by atoms with Gasteiger partial charge in [0.2, 0.25) is 10.0 Å². The van der Waals surface area contributed by atoms with Gasteiger partial charge in [0.15, 0.2) is 0 Å². The minimum absolute atomic E-state index is 0.0318. The Morgan fingerprint density at radius 2 is 1.80 bits per heavy atom. The maximum atomic E-state index is 14.1. The lowest BCUT2D eigenvalue weighted by molar-refractivity contribution is -0.0213. The summed E-state index contributed by atoms with van der Waals surface area (Å²) in [4.78, 5) is 2.61. The van der Waals surface area contributed by atoms with E-state index in [2.05, 4.69) is 23.1 Å². The highest BCUT2D eigenvalue weighted by atomic mass is 32.2. The molecule has 0 radical (unpaired) electrons. The van der Waals surface area contributed by atoms with Crippen LogP contribution in [0.4, 0.5) is 5.69 Å². The van der Waals surface area contributed by atoms with Gasteiger partial charge in [0, 0.05) is 44.8 Å². The molecule has 244 valence electrons. The largest absolute Gasteiger partial charge is 0.497 e. The molecule has 4 atom stereocenters. The van der Waals surface area contributed by atoms with Gasteiger partial charge in [-0.2, -0.15) is 4.31 Å². The number of piperidine rings is 1. The fraction of sp³-hybridized carbons (Fsp3) is 0.486. The summed E-state index contributed by atoms with van der Waals surface area (Å²) < 4.78 is 53.2. The summed E-state index contributed by atoms with van der Waals surface area (Å²) in [6.45, 7) is 7.49. The van der Waals surface area contributed by atoms with Gasteiger partial charge in [-0.1, -0.05) is 35.9 Å². The van der Waals surface area contributed by atoms with E-state index in [1.807, 2.05) is 50.2 Å². The topological polar surface area (TPSA) is 104 Å². The highest BCUT2D eigenvalue weighted by molar-refractivity contribution is 7.89. The molecule has 1 fully saturated rings. The van der Waals surface area contributed by atoms with Gasteiger partial charge in [0.25, 0.3) is 0 Å². The second-order valence-electron chi connectivity index (χ2n) is 12.2. The van der Waals surface area contributed by atoms with Crippen LogP contribution in [0.3, 0.4) is 0 Å². The summed E-state index contributed by atoms with van der Waals surface area (Å²) in [6, 6.07) is 20.8. The molecule has 2 heterocycles. The third-order valence-electron chi connectivity index (χ3n) is 8.78. The maximum Gasteiger partial charge on any atom is 0.243 e. The van der Waals surface area contributed by atoms with Crippen molar-refractivity contribution >= 4 is 15.7 Å². The molecule has 2 aliphatic rings. The van der Waals surface area contributed by atoms with Crippen molar-refractivity contribution < 1.29 is 27.4 Å². The number of sulfonamides is 1. The first kappa shape index (κ1) is 33.2. The average Bonchev–Trinajstić information content (AvgIpc) is 3.04. The Kier molecular flexibility index (Phi) is 11.0. The van der Waals surface area contributed by atoms with Crippen LogP contribution in [0.15, 0.2) is 71.6 Å². The molecule has 5 rings (SSSR count). The van der Waals surface area contributed by atoms with E-state index in [4.69, 9.17) is 24.7 Å². The second-order valence-corrected chi connectivity index (χ2v) is 14.1. The molecule has 1 saturated heterocycles. The van der Waals surface area contributed by atoms with Crippen molar-refractivity contribution in [2.24, 2.45) is 5.73 Å². The Morgan fingerprint density at radius 1 is 1.04 bits per heavy atom. The van der Waals surface area contributed by atoms with Crippen molar-refractivity contribution in [3.05, 3.63) is 83.4 Å². The maximum absolute atomic E-state index is 14.1. The van der Waals surface area contributed by atoms with Crippen LogP contribution in [-0.4, -0.2) is 78.0 Å². The van der Waals surface area contributed by atoms with Crippen LogP contribution in [0.25, 0.3) is 0 Å². The number of hydrogen-bond acceptors (Lipinski definition) is 8. The molecule has 10 heteroatoms. The summed E-state index contributed by atoms with van der Waals surface area (Å²) in [7, 11) is -0.421. The summed E-state index contributed by atoms with van der Waals surface area (Å²) >= 11 is 0. The number of methoxy groups -OCH3 is 2. The fourth-order valence-corrected chi connectivity index (χ4v) is 8.07. The average molecular weight is 638 g/mol. The summed E-state index contributed by atoms with van der Waals surface area (Å²) in [6.07, 6.45) is 1.69. The second kappa shape index (κ2) is 15.0. The number of nitrogens with two attached hydrogens (primary N) is 1. The molecule has 0 amide bonds. The predicted molar refractivity (Wildman–Crippen MR) is 177 cm³/mol. The Hall–Kier alpha value is -3.15. The van der Waals surface area contributed by atoms with Crippen molar-refractivity contribution in [1.29, 1.82) is 0 Å². The van der Waals surface area contributed by atoms with Gasteiger partial charge in [-0.15, -0.1) is 0 Å². The number of anilines is 1. The predicted octanol–water partition coefficient (Wildman–Crippen LogP) is 5.11. The first-order valence-electron chi connectivity index (χ1n) is 15.8. The molecule has 0 aliphatic carbocycles. The number of hydrogen-bond donors (Lipinski definition) is 1. The lowest BCUT2D eigenvalue weighted by Gasteiger charge is -2.44. The molecule has 9 nitrogen and oxygen atoms in total. The highest BCUT2D eigenvalue weighted by Crippen LogP contribution is 2.39. The molecule has 0 unspecified atom stereocenters.